The first-order valence-electron chi connectivity index (χ1n) is 9.84. The van der Waals surface area contributed by atoms with Crippen LogP contribution in [0.1, 0.15) is 37.6 Å². The summed E-state index contributed by atoms with van der Waals surface area (Å²) in [7, 11) is 0. The fourth-order valence-electron chi connectivity index (χ4n) is 3.94. The van der Waals surface area contributed by atoms with Gasteiger partial charge in [0.25, 0.3) is 5.91 Å². The van der Waals surface area contributed by atoms with Crippen molar-refractivity contribution in [3.05, 3.63) is 119 Å². The third-order valence-corrected chi connectivity index (χ3v) is 5.40. The number of furan rings is 1. The molecule has 0 aliphatic heterocycles. The number of amides is 1. The second-order valence-corrected chi connectivity index (χ2v) is 7.36. The number of fused-ring (bicyclic) bond motifs is 3. The minimum Gasteiger partial charge on any atom is -0.467 e. The van der Waals surface area contributed by atoms with Gasteiger partial charge in [0.15, 0.2) is 5.78 Å². The van der Waals surface area contributed by atoms with Gasteiger partial charge >= 0.3 is 0 Å². The van der Waals surface area contributed by atoms with Crippen molar-refractivity contribution in [2.45, 2.75) is 13.1 Å². The van der Waals surface area contributed by atoms with Crippen LogP contribution in [-0.4, -0.2) is 16.6 Å². The Morgan fingerprint density at radius 3 is 2.23 bits per heavy atom. The van der Waals surface area contributed by atoms with E-state index in [0.29, 0.717) is 35.5 Å². The third-order valence-electron chi connectivity index (χ3n) is 5.40. The van der Waals surface area contributed by atoms with Crippen molar-refractivity contribution in [3.63, 3.8) is 0 Å². The van der Waals surface area contributed by atoms with Crippen LogP contribution in [0, 0.1) is 0 Å². The second-order valence-electron chi connectivity index (χ2n) is 7.36. The molecule has 1 aliphatic rings. The summed E-state index contributed by atoms with van der Waals surface area (Å²) >= 11 is 0. The van der Waals surface area contributed by atoms with E-state index in [1.54, 1.807) is 23.3 Å². The number of rotatable bonds is 5. The highest BCUT2D eigenvalue weighted by molar-refractivity contribution is 6.22. The SMILES string of the molecule is O=C1c2ccccc2-c2ccc(C(=O)N(Cc3ccccc3)Cc3ccco3)cc21. The predicted octanol–water partition coefficient (Wildman–Crippen LogP) is 5.33. The van der Waals surface area contributed by atoms with Gasteiger partial charge in [0.1, 0.15) is 5.76 Å². The number of benzene rings is 3. The van der Waals surface area contributed by atoms with Crippen molar-refractivity contribution >= 4 is 11.7 Å². The van der Waals surface area contributed by atoms with Gasteiger partial charge < -0.3 is 9.32 Å². The third kappa shape index (κ3) is 3.22. The fourth-order valence-corrected chi connectivity index (χ4v) is 3.94. The largest absolute Gasteiger partial charge is 0.467 e. The minimum absolute atomic E-state index is 0.0316. The van der Waals surface area contributed by atoms with E-state index >= 15 is 0 Å². The van der Waals surface area contributed by atoms with Crippen molar-refractivity contribution in [3.8, 4) is 11.1 Å². The number of ketones is 1. The van der Waals surface area contributed by atoms with Gasteiger partial charge in [-0.25, -0.2) is 0 Å². The molecule has 1 heterocycles. The van der Waals surface area contributed by atoms with Crippen LogP contribution < -0.4 is 0 Å². The number of nitrogens with zero attached hydrogens (tertiary/aromatic N) is 1. The molecule has 1 aliphatic carbocycles. The highest BCUT2D eigenvalue weighted by Crippen LogP contribution is 2.37. The van der Waals surface area contributed by atoms with E-state index in [1.807, 2.05) is 72.8 Å². The molecule has 1 amide bonds. The zero-order valence-corrected chi connectivity index (χ0v) is 16.2. The first-order valence-corrected chi connectivity index (χ1v) is 9.84. The topological polar surface area (TPSA) is 50.5 Å². The number of carbonyl (C=O) groups is 2. The molecule has 0 saturated heterocycles. The zero-order chi connectivity index (χ0) is 20.5. The Bertz CT molecular complexity index is 1230. The second kappa shape index (κ2) is 7.48. The molecule has 0 fully saturated rings. The van der Waals surface area contributed by atoms with Crippen molar-refractivity contribution in [1.29, 1.82) is 0 Å². The van der Waals surface area contributed by atoms with Gasteiger partial charge in [-0.2, -0.15) is 0 Å². The molecule has 0 radical (unpaired) electrons. The Morgan fingerprint density at radius 2 is 1.47 bits per heavy atom. The summed E-state index contributed by atoms with van der Waals surface area (Å²) in [5.74, 6) is 0.543. The summed E-state index contributed by atoms with van der Waals surface area (Å²) in [6.07, 6.45) is 1.60. The summed E-state index contributed by atoms with van der Waals surface area (Å²) in [6, 6.07) is 26.5. The van der Waals surface area contributed by atoms with Crippen molar-refractivity contribution in [1.82, 2.24) is 4.90 Å². The normalized spacial score (nSPS) is 11.8. The lowest BCUT2D eigenvalue weighted by atomic mass is 10.0. The van der Waals surface area contributed by atoms with Gasteiger partial charge in [0.2, 0.25) is 0 Å². The number of hydrogen-bond donors (Lipinski definition) is 0. The van der Waals surface area contributed by atoms with E-state index in [9.17, 15) is 9.59 Å². The Kier molecular flexibility index (Phi) is 4.52. The van der Waals surface area contributed by atoms with Gasteiger partial charge in [-0.05, 0) is 41.0 Å². The van der Waals surface area contributed by atoms with Gasteiger partial charge in [0.05, 0.1) is 12.8 Å². The smallest absolute Gasteiger partial charge is 0.254 e. The molecular formula is C26H19NO3. The zero-order valence-electron chi connectivity index (χ0n) is 16.2. The molecule has 0 spiro atoms. The van der Waals surface area contributed by atoms with Crippen LogP contribution in [0.2, 0.25) is 0 Å². The van der Waals surface area contributed by atoms with Crippen LogP contribution in [0.3, 0.4) is 0 Å². The van der Waals surface area contributed by atoms with Crippen molar-refractivity contribution < 1.29 is 14.0 Å². The lowest BCUT2D eigenvalue weighted by molar-refractivity contribution is 0.0717. The number of hydrogen-bond acceptors (Lipinski definition) is 3. The molecule has 0 bridgehead atoms. The molecule has 5 rings (SSSR count). The first-order chi connectivity index (χ1) is 14.7. The molecule has 3 aromatic carbocycles. The Morgan fingerprint density at radius 1 is 0.733 bits per heavy atom. The Balaban J connectivity index is 1.48. The summed E-state index contributed by atoms with van der Waals surface area (Å²) in [5.41, 5.74) is 4.61. The summed E-state index contributed by atoms with van der Waals surface area (Å²) in [5, 5.41) is 0. The molecule has 1 aromatic heterocycles. The highest BCUT2D eigenvalue weighted by Gasteiger charge is 2.28. The molecule has 146 valence electrons. The maximum absolute atomic E-state index is 13.4. The molecule has 4 heteroatoms. The van der Waals surface area contributed by atoms with Gasteiger partial charge in [-0.15, -0.1) is 0 Å². The van der Waals surface area contributed by atoms with Crippen LogP contribution in [0.15, 0.2) is 95.6 Å². The van der Waals surface area contributed by atoms with Crippen LogP contribution in [0.4, 0.5) is 0 Å². The molecule has 0 saturated carbocycles. The molecule has 4 aromatic rings. The average Bonchev–Trinajstić information content (AvgIpc) is 3.40. The fraction of sp³-hybridized carbons (Fsp3) is 0.0769. The Labute approximate surface area is 174 Å². The summed E-state index contributed by atoms with van der Waals surface area (Å²) in [4.78, 5) is 28.0. The quantitative estimate of drug-likeness (QED) is 0.405. The maximum atomic E-state index is 13.4. The minimum atomic E-state index is -0.137. The van der Waals surface area contributed by atoms with E-state index in [0.717, 1.165) is 16.7 Å². The van der Waals surface area contributed by atoms with E-state index < -0.39 is 0 Å². The van der Waals surface area contributed by atoms with Crippen LogP contribution in [0.5, 0.6) is 0 Å². The Hall–Kier alpha value is -3.92. The summed E-state index contributed by atoms with van der Waals surface area (Å²) < 4.78 is 5.47. The van der Waals surface area contributed by atoms with Gasteiger partial charge in [-0.3, -0.25) is 9.59 Å². The van der Waals surface area contributed by atoms with Crippen LogP contribution in [0.25, 0.3) is 11.1 Å². The van der Waals surface area contributed by atoms with Crippen LogP contribution >= 0.6 is 0 Å². The molecular weight excluding hydrogens is 374 g/mol. The molecule has 0 atom stereocenters. The summed E-state index contributed by atoms with van der Waals surface area (Å²) in [6.45, 7) is 0.803. The lowest BCUT2D eigenvalue weighted by Gasteiger charge is -2.22. The highest BCUT2D eigenvalue weighted by atomic mass is 16.3. The predicted molar refractivity (Wildman–Crippen MR) is 114 cm³/mol. The van der Waals surface area contributed by atoms with Gasteiger partial charge in [0, 0.05) is 23.2 Å². The van der Waals surface area contributed by atoms with E-state index in [2.05, 4.69) is 0 Å². The molecule has 0 N–H and O–H groups in total. The lowest BCUT2D eigenvalue weighted by Crippen LogP contribution is -2.30. The van der Waals surface area contributed by atoms with Crippen molar-refractivity contribution in [2.24, 2.45) is 0 Å². The maximum Gasteiger partial charge on any atom is 0.254 e. The van der Waals surface area contributed by atoms with E-state index in [4.69, 9.17) is 4.42 Å². The molecule has 30 heavy (non-hydrogen) atoms. The van der Waals surface area contributed by atoms with Crippen LogP contribution in [-0.2, 0) is 13.1 Å². The average molecular weight is 393 g/mol. The van der Waals surface area contributed by atoms with Crippen molar-refractivity contribution in [2.75, 3.05) is 0 Å². The number of carbonyl (C=O) groups excluding carboxylic acids is 2. The molecule has 0 unspecified atom stereocenters. The van der Waals surface area contributed by atoms with E-state index in [1.165, 1.54) is 0 Å². The van der Waals surface area contributed by atoms with E-state index in [-0.39, 0.29) is 11.7 Å². The standard InChI is InChI=1S/C26H19NO3/c28-25-23-11-5-4-10-21(23)22-13-12-19(15-24(22)25)26(29)27(17-20-9-6-14-30-20)16-18-7-2-1-3-8-18/h1-15H,16-17H2. The van der Waals surface area contributed by atoms with Gasteiger partial charge in [-0.1, -0.05) is 60.7 Å². The molecule has 4 nitrogen and oxygen atoms in total. The monoisotopic (exact) mass is 393 g/mol. The first kappa shape index (κ1) is 18.1.